The van der Waals surface area contributed by atoms with Crippen molar-refractivity contribution in [1.29, 1.82) is 0 Å². The van der Waals surface area contributed by atoms with E-state index in [4.69, 9.17) is 9.47 Å². The summed E-state index contributed by atoms with van der Waals surface area (Å²) < 4.78 is 11.4. The van der Waals surface area contributed by atoms with Crippen molar-refractivity contribution in [2.45, 2.75) is 33.3 Å². The molecule has 0 aliphatic carbocycles. The van der Waals surface area contributed by atoms with E-state index in [2.05, 4.69) is 34.9 Å². The zero-order valence-corrected chi connectivity index (χ0v) is 19.4. The van der Waals surface area contributed by atoms with Crippen molar-refractivity contribution in [2.75, 3.05) is 19.0 Å². The highest BCUT2D eigenvalue weighted by atomic mass is 16.5. The summed E-state index contributed by atoms with van der Waals surface area (Å²) in [4.78, 5) is 12.2. The van der Waals surface area contributed by atoms with Gasteiger partial charge in [-0.05, 0) is 61.7 Å². The normalized spacial score (nSPS) is 11.1. The van der Waals surface area contributed by atoms with Crippen molar-refractivity contribution in [3.8, 4) is 11.5 Å². The molecule has 172 valence electrons. The number of carbonyl (C=O) groups excluding carboxylic acids is 1. The summed E-state index contributed by atoms with van der Waals surface area (Å²) in [6.07, 6.45) is 1.11. The molecule has 0 aliphatic heterocycles. The minimum absolute atomic E-state index is 0.116. The number of nitrogens with one attached hydrogen (secondary N) is 2. The molecular weight excluding hydrogens is 414 g/mol. The van der Waals surface area contributed by atoms with Gasteiger partial charge in [-0.2, -0.15) is 5.10 Å². The Balaban J connectivity index is 1.48. The maximum absolute atomic E-state index is 12.2. The fraction of sp³-hybridized carbons (Fsp3) is 0.259. The molecule has 6 nitrogen and oxygen atoms in total. The van der Waals surface area contributed by atoms with Crippen LogP contribution >= 0.6 is 0 Å². The largest absolute Gasteiger partial charge is 0.493 e. The number of hydrogen-bond donors (Lipinski definition) is 2. The lowest BCUT2D eigenvalue weighted by Gasteiger charge is -2.12. The maximum Gasteiger partial charge on any atom is 0.240 e. The van der Waals surface area contributed by atoms with Gasteiger partial charge in [-0.25, -0.2) is 5.43 Å². The molecule has 0 heterocycles. The molecule has 0 saturated carbocycles. The molecule has 0 aromatic heterocycles. The average Bonchev–Trinajstić information content (AvgIpc) is 2.84. The maximum atomic E-state index is 12.2. The fourth-order valence-corrected chi connectivity index (χ4v) is 3.25. The molecule has 6 heteroatoms. The third-order valence-corrected chi connectivity index (χ3v) is 5.09. The van der Waals surface area contributed by atoms with Gasteiger partial charge in [0.2, 0.25) is 5.91 Å². The number of nitrogens with zero attached hydrogens (tertiary/aromatic N) is 1. The topological polar surface area (TPSA) is 72.0 Å². The van der Waals surface area contributed by atoms with Crippen molar-refractivity contribution in [3.05, 3.63) is 89.5 Å². The summed E-state index contributed by atoms with van der Waals surface area (Å²) >= 11 is 0. The Kier molecular flexibility index (Phi) is 8.88. The van der Waals surface area contributed by atoms with Crippen LogP contribution in [-0.4, -0.2) is 25.3 Å². The number of rotatable bonds is 11. The molecule has 0 spiro atoms. The van der Waals surface area contributed by atoms with E-state index < -0.39 is 0 Å². The molecule has 1 amide bonds. The molecule has 2 N–H and O–H groups in total. The summed E-state index contributed by atoms with van der Waals surface area (Å²) in [6.45, 7) is 5.08. The molecular formula is C27H31N3O3. The van der Waals surface area contributed by atoms with E-state index in [9.17, 15) is 4.79 Å². The van der Waals surface area contributed by atoms with Crippen LogP contribution in [-0.2, 0) is 11.4 Å². The molecule has 0 bridgehead atoms. The quantitative estimate of drug-likeness (QED) is 0.238. The highest BCUT2D eigenvalue weighted by Gasteiger charge is 2.09. The lowest BCUT2D eigenvalue weighted by atomic mass is 10.1. The van der Waals surface area contributed by atoms with E-state index in [1.165, 1.54) is 5.56 Å². The Morgan fingerprint density at radius 1 is 0.970 bits per heavy atom. The number of ether oxygens (including phenoxy) is 2. The molecule has 3 rings (SSSR count). The van der Waals surface area contributed by atoms with Crippen molar-refractivity contribution in [3.63, 3.8) is 0 Å². The summed E-state index contributed by atoms with van der Waals surface area (Å²) in [5.74, 6) is 1.16. The molecule has 0 aliphatic rings. The van der Waals surface area contributed by atoms with Crippen LogP contribution in [0.25, 0.3) is 0 Å². The number of benzene rings is 3. The first-order chi connectivity index (χ1) is 16.0. The van der Waals surface area contributed by atoms with Crippen LogP contribution in [0.3, 0.4) is 0 Å². The van der Waals surface area contributed by atoms with Gasteiger partial charge >= 0.3 is 0 Å². The first kappa shape index (κ1) is 23.9. The van der Waals surface area contributed by atoms with Crippen LogP contribution in [0.4, 0.5) is 5.69 Å². The van der Waals surface area contributed by atoms with E-state index in [-0.39, 0.29) is 5.91 Å². The number of carbonyl (C=O) groups is 1. The molecule has 0 saturated heterocycles. The number of amides is 1. The zero-order chi connectivity index (χ0) is 23.5. The van der Waals surface area contributed by atoms with E-state index in [0.29, 0.717) is 30.2 Å². The predicted molar refractivity (Wildman–Crippen MR) is 133 cm³/mol. The van der Waals surface area contributed by atoms with Gasteiger partial charge in [-0.1, -0.05) is 42.5 Å². The van der Waals surface area contributed by atoms with Gasteiger partial charge in [-0.3, -0.25) is 4.79 Å². The number of aryl methyl sites for hydroxylation is 1. The summed E-state index contributed by atoms with van der Waals surface area (Å²) in [5, 5.41) is 7.57. The van der Waals surface area contributed by atoms with Crippen LogP contribution in [0.5, 0.6) is 11.5 Å². The van der Waals surface area contributed by atoms with Gasteiger partial charge in [0.15, 0.2) is 11.5 Å². The second kappa shape index (κ2) is 12.3. The standard InChI is InChI=1S/C27H31N3O3/c1-20-9-7-12-24(17-20)28-16-8-13-27(31)30-29-21(2)23-14-15-25(26(18-23)32-3)33-19-22-10-5-4-6-11-22/h4-7,9-12,14-15,17-18,28H,8,13,16,19H2,1-3H3,(H,30,31)/b29-21+. The summed E-state index contributed by atoms with van der Waals surface area (Å²) in [5.41, 5.74) is 7.52. The second-order valence-electron chi connectivity index (χ2n) is 7.77. The van der Waals surface area contributed by atoms with Crippen molar-refractivity contribution in [1.82, 2.24) is 5.43 Å². The SMILES string of the molecule is COc1cc(/C(C)=N/NC(=O)CCCNc2cccc(C)c2)ccc1OCc1ccccc1. The minimum Gasteiger partial charge on any atom is -0.493 e. The average molecular weight is 446 g/mol. The Morgan fingerprint density at radius 2 is 1.79 bits per heavy atom. The van der Waals surface area contributed by atoms with Crippen molar-refractivity contribution in [2.24, 2.45) is 5.10 Å². The highest BCUT2D eigenvalue weighted by molar-refractivity contribution is 5.99. The monoisotopic (exact) mass is 445 g/mol. The van der Waals surface area contributed by atoms with Crippen LogP contribution in [0, 0.1) is 6.92 Å². The predicted octanol–water partition coefficient (Wildman–Crippen LogP) is 5.32. The van der Waals surface area contributed by atoms with Gasteiger partial charge in [0.1, 0.15) is 6.61 Å². The number of anilines is 1. The van der Waals surface area contributed by atoms with Crippen LogP contribution in [0.2, 0.25) is 0 Å². The summed E-state index contributed by atoms with van der Waals surface area (Å²) in [6, 6.07) is 23.7. The molecule has 0 atom stereocenters. The lowest BCUT2D eigenvalue weighted by molar-refractivity contribution is -0.121. The van der Waals surface area contributed by atoms with E-state index in [1.807, 2.05) is 67.6 Å². The Morgan fingerprint density at radius 3 is 2.55 bits per heavy atom. The van der Waals surface area contributed by atoms with Gasteiger partial charge in [0.25, 0.3) is 0 Å². The molecule has 3 aromatic rings. The third-order valence-electron chi connectivity index (χ3n) is 5.09. The second-order valence-corrected chi connectivity index (χ2v) is 7.77. The Bertz CT molecular complexity index is 1080. The lowest BCUT2D eigenvalue weighted by Crippen LogP contribution is -2.20. The number of methoxy groups -OCH3 is 1. The molecule has 33 heavy (non-hydrogen) atoms. The van der Waals surface area contributed by atoms with Crippen molar-refractivity contribution < 1.29 is 14.3 Å². The molecule has 0 radical (unpaired) electrons. The van der Waals surface area contributed by atoms with Crippen LogP contribution < -0.4 is 20.2 Å². The van der Waals surface area contributed by atoms with E-state index in [1.54, 1.807) is 7.11 Å². The fourth-order valence-electron chi connectivity index (χ4n) is 3.25. The summed E-state index contributed by atoms with van der Waals surface area (Å²) in [7, 11) is 1.60. The molecule has 3 aromatic carbocycles. The number of hydrazone groups is 1. The van der Waals surface area contributed by atoms with Gasteiger partial charge in [-0.15, -0.1) is 0 Å². The molecule has 0 unspecified atom stereocenters. The smallest absolute Gasteiger partial charge is 0.240 e. The third kappa shape index (κ3) is 7.68. The van der Waals surface area contributed by atoms with Gasteiger partial charge in [0, 0.05) is 24.2 Å². The van der Waals surface area contributed by atoms with Crippen LogP contribution in [0.15, 0.2) is 77.9 Å². The van der Waals surface area contributed by atoms with E-state index in [0.717, 1.165) is 29.8 Å². The number of hydrogen-bond acceptors (Lipinski definition) is 5. The minimum atomic E-state index is -0.116. The van der Waals surface area contributed by atoms with E-state index >= 15 is 0 Å². The Labute approximate surface area is 195 Å². The van der Waals surface area contributed by atoms with Gasteiger partial charge in [0.05, 0.1) is 12.8 Å². The highest BCUT2D eigenvalue weighted by Crippen LogP contribution is 2.29. The first-order valence-electron chi connectivity index (χ1n) is 11.0. The van der Waals surface area contributed by atoms with Crippen LogP contribution in [0.1, 0.15) is 36.5 Å². The van der Waals surface area contributed by atoms with Crippen molar-refractivity contribution >= 4 is 17.3 Å². The Hall–Kier alpha value is -3.80. The first-order valence-corrected chi connectivity index (χ1v) is 11.0. The van der Waals surface area contributed by atoms with Gasteiger partial charge < -0.3 is 14.8 Å². The molecule has 0 fully saturated rings. The zero-order valence-electron chi connectivity index (χ0n) is 19.4.